The zero-order valence-corrected chi connectivity index (χ0v) is 12.5. The summed E-state index contributed by atoms with van der Waals surface area (Å²) >= 11 is 0. The molecule has 0 aliphatic carbocycles. The van der Waals surface area contributed by atoms with Gasteiger partial charge in [0.2, 0.25) is 0 Å². The van der Waals surface area contributed by atoms with E-state index in [0.29, 0.717) is 6.54 Å². The van der Waals surface area contributed by atoms with Gasteiger partial charge in [0.25, 0.3) is 5.91 Å². The molecule has 7 nitrogen and oxygen atoms in total. The summed E-state index contributed by atoms with van der Waals surface area (Å²) in [6, 6.07) is 7.67. The number of ether oxygens (including phenoxy) is 1. The first-order chi connectivity index (χ1) is 10.6. The van der Waals surface area contributed by atoms with E-state index in [9.17, 15) is 4.79 Å². The molecule has 1 saturated heterocycles. The van der Waals surface area contributed by atoms with Crippen LogP contribution in [0.2, 0.25) is 0 Å². The molecule has 116 valence electrons. The number of aryl methyl sites for hydroxylation is 1. The maximum absolute atomic E-state index is 12.2. The van der Waals surface area contributed by atoms with Gasteiger partial charge in [-0.2, -0.15) is 4.68 Å². The molecule has 1 fully saturated rings. The molecule has 7 heteroatoms. The van der Waals surface area contributed by atoms with E-state index < -0.39 is 0 Å². The summed E-state index contributed by atoms with van der Waals surface area (Å²) in [5.41, 5.74) is 8.05. The highest BCUT2D eigenvalue weighted by atomic mass is 16.5. The van der Waals surface area contributed by atoms with E-state index in [0.717, 1.165) is 30.7 Å². The molecule has 1 aliphatic heterocycles. The monoisotopic (exact) mass is 301 g/mol. The van der Waals surface area contributed by atoms with Crippen LogP contribution in [-0.4, -0.2) is 40.2 Å². The minimum absolute atomic E-state index is 0.0808. The van der Waals surface area contributed by atoms with Crippen molar-refractivity contribution in [1.82, 2.24) is 20.3 Å². The Balaban J connectivity index is 1.72. The van der Waals surface area contributed by atoms with E-state index in [1.165, 1.54) is 4.68 Å². The van der Waals surface area contributed by atoms with E-state index in [1.807, 2.05) is 31.2 Å². The normalized spacial score (nSPS) is 17.6. The number of hydrogen-bond donors (Lipinski definition) is 2. The van der Waals surface area contributed by atoms with Crippen LogP contribution in [0.15, 0.2) is 24.3 Å². The van der Waals surface area contributed by atoms with Crippen LogP contribution < -0.4 is 11.1 Å². The molecule has 1 aromatic carbocycles. The number of hydrogen-bond acceptors (Lipinski definition) is 5. The predicted octanol–water partition coefficient (Wildman–Crippen LogP) is 1.07. The molecule has 0 spiro atoms. The molecular weight excluding hydrogens is 282 g/mol. The Hall–Kier alpha value is -2.41. The summed E-state index contributed by atoms with van der Waals surface area (Å²) in [6.45, 7) is 3.22. The number of carbonyl (C=O) groups is 1. The van der Waals surface area contributed by atoms with Gasteiger partial charge in [-0.3, -0.25) is 4.79 Å². The zero-order valence-electron chi connectivity index (χ0n) is 12.5. The van der Waals surface area contributed by atoms with Gasteiger partial charge in [-0.05, 0) is 31.9 Å². The average Bonchev–Trinajstić information content (AvgIpc) is 3.15. The summed E-state index contributed by atoms with van der Waals surface area (Å²) in [7, 11) is 0. The van der Waals surface area contributed by atoms with Crippen molar-refractivity contribution >= 4 is 11.7 Å². The van der Waals surface area contributed by atoms with Crippen LogP contribution in [0.4, 0.5) is 5.82 Å². The number of nitrogens with one attached hydrogen (secondary N) is 1. The fourth-order valence-electron chi connectivity index (χ4n) is 2.42. The summed E-state index contributed by atoms with van der Waals surface area (Å²) in [5.74, 6) is -0.0972. The van der Waals surface area contributed by atoms with Crippen LogP contribution in [-0.2, 0) is 4.74 Å². The molecular formula is C15H19N5O2. The largest absolute Gasteiger partial charge is 0.382 e. The number of rotatable bonds is 4. The third-order valence-corrected chi connectivity index (χ3v) is 3.71. The number of amides is 1. The quantitative estimate of drug-likeness (QED) is 0.880. The van der Waals surface area contributed by atoms with Gasteiger partial charge < -0.3 is 15.8 Å². The van der Waals surface area contributed by atoms with E-state index in [1.54, 1.807) is 0 Å². The van der Waals surface area contributed by atoms with Gasteiger partial charge in [0.05, 0.1) is 11.8 Å². The molecule has 3 rings (SSSR count). The summed E-state index contributed by atoms with van der Waals surface area (Å²) in [5, 5.41) is 10.7. The summed E-state index contributed by atoms with van der Waals surface area (Å²) in [4.78, 5) is 12.2. The van der Waals surface area contributed by atoms with Gasteiger partial charge in [0.1, 0.15) is 0 Å². The number of benzene rings is 1. The maximum atomic E-state index is 12.2. The number of nitrogens with zero attached hydrogens (tertiary/aromatic N) is 3. The molecule has 1 aliphatic rings. The van der Waals surface area contributed by atoms with Crippen molar-refractivity contribution in [3.8, 4) is 5.69 Å². The van der Waals surface area contributed by atoms with Crippen LogP contribution in [0.1, 0.15) is 28.9 Å². The van der Waals surface area contributed by atoms with Gasteiger partial charge in [0.15, 0.2) is 11.5 Å². The molecule has 22 heavy (non-hydrogen) atoms. The molecule has 1 amide bonds. The van der Waals surface area contributed by atoms with Crippen LogP contribution in [0.25, 0.3) is 5.69 Å². The third kappa shape index (κ3) is 2.94. The Bertz CT molecular complexity index is 659. The lowest BCUT2D eigenvalue weighted by molar-refractivity contribution is 0.0854. The first kappa shape index (κ1) is 14.5. The van der Waals surface area contributed by atoms with Crippen molar-refractivity contribution < 1.29 is 9.53 Å². The van der Waals surface area contributed by atoms with Crippen LogP contribution in [0, 0.1) is 6.92 Å². The minimum Gasteiger partial charge on any atom is -0.382 e. The Morgan fingerprint density at radius 1 is 1.45 bits per heavy atom. The highest BCUT2D eigenvalue weighted by Crippen LogP contribution is 2.16. The topological polar surface area (TPSA) is 95.1 Å². The second-order valence-corrected chi connectivity index (χ2v) is 5.42. The fraction of sp³-hybridized carbons (Fsp3) is 0.400. The first-order valence-electron chi connectivity index (χ1n) is 7.33. The first-order valence-corrected chi connectivity index (χ1v) is 7.33. The number of aromatic nitrogens is 3. The second kappa shape index (κ2) is 6.15. The predicted molar refractivity (Wildman–Crippen MR) is 81.8 cm³/mol. The molecule has 3 N–H and O–H groups in total. The molecule has 0 unspecified atom stereocenters. The van der Waals surface area contributed by atoms with Crippen LogP contribution >= 0.6 is 0 Å². The molecule has 1 aromatic heterocycles. The van der Waals surface area contributed by atoms with Crippen molar-refractivity contribution in [2.45, 2.75) is 25.9 Å². The lowest BCUT2D eigenvalue weighted by Crippen LogP contribution is -2.32. The molecule has 2 aromatic rings. The number of nitrogen functional groups attached to an aromatic ring is 1. The van der Waals surface area contributed by atoms with Crippen molar-refractivity contribution in [2.24, 2.45) is 0 Å². The molecule has 2 heterocycles. The van der Waals surface area contributed by atoms with Gasteiger partial charge in [0, 0.05) is 13.2 Å². The van der Waals surface area contributed by atoms with Gasteiger partial charge in [-0.15, -0.1) is 5.10 Å². The van der Waals surface area contributed by atoms with Crippen molar-refractivity contribution in [3.05, 3.63) is 35.5 Å². The Morgan fingerprint density at radius 3 is 2.91 bits per heavy atom. The minimum atomic E-state index is -0.327. The van der Waals surface area contributed by atoms with E-state index in [-0.39, 0.29) is 23.5 Å². The smallest absolute Gasteiger partial charge is 0.275 e. The Morgan fingerprint density at radius 2 is 2.23 bits per heavy atom. The van der Waals surface area contributed by atoms with Crippen LogP contribution in [0.3, 0.4) is 0 Å². The average molecular weight is 301 g/mol. The van der Waals surface area contributed by atoms with E-state index in [2.05, 4.69) is 15.6 Å². The summed E-state index contributed by atoms with van der Waals surface area (Å²) < 4.78 is 6.93. The number of carbonyl (C=O) groups excluding carboxylic acids is 1. The Kier molecular flexibility index (Phi) is 4.06. The number of nitrogens with two attached hydrogens (primary N) is 1. The zero-order chi connectivity index (χ0) is 15.5. The second-order valence-electron chi connectivity index (χ2n) is 5.42. The molecule has 0 radical (unpaired) electrons. The van der Waals surface area contributed by atoms with Crippen molar-refractivity contribution in [1.29, 1.82) is 0 Å². The molecule has 0 bridgehead atoms. The lowest BCUT2D eigenvalue weighted by Gasteiger charge is -2.09. The maximum Gasteiger partial charge on any atom is 0.275 e. The third-order valence-electron chi connectivity index (χ3n) is 3.71. The van der Waals surface area contributed by atoms with Gasteiger partial charge >= 0.3 is 0 Å². The highest BCUT2D eigenvalue weighted by Gasteiger charge is 2.21. The molecule has 0 saturated carbocycles. The van der Waals surface area contributed by atoms with Gasteiger partial charge in [-0.1, -0.05) is 22.9 Å². The number of anilines is 1. The fourth-order valence-corrected chi connectivity index (χ4v) is 2.42. The Labute approximate surface area is 128 Å². The van der Waals surface area contributed by atoms with Crippen LogP contribution in [0.5, 0.6) is 0 Å². The van der Waals surface area contributed by atoms with E-state index in [4.69, 9.17) is 10.5 Å². The van der Waals surface area contributed by atoms with E-state index >= 15 is 0 Å². The standard InChI is InChI=1S/C15H19N5O2/c1-10-4-6-11(7-5-10)20-14(16)13(18-19-20)15(21)17-9-12-3-2-8-22-12/h4-7,12H,2-3,8-9,16H2,1H3,(H,17,21)/t12-/m0/s1. The van der Waals surface area contributed by atoms with Crippen molar-refractivity contribution in [2.75, 3.05) is 18.9 Å². The summed E-state index contributed by atoms with van der Waals surface area (Å²) in [6.07, 6.45) is 2.08. The van der Waals surface area contributed by atoms with Crippen molar-refractivity contribution in [3.63, 3.8) is 0 Å². The highest BCUT2D eigenvalue weighted by molar-refractivity contribution is 5.96. The SMILES string of the molecule is Cc1ccc(-n2nnc(C(=O)NC[C@@H]3CCCO3)c2N)cc1. The lowest BCUT2D eigenvalue weighted by atomic mass is 10.2. The van der Waals surface area contributed by atoms with Gasteiger partial charge in [-0.25, -0.2) is 0 Å². The molecule has 1 atom stereocenters.